The van der Waals surface area contributed by atoms with E-state index in [2.05, 4.69) is 11.8 Å². The summed E-state index contributed by atoms with van der Waals surface area (Å²) >= 11 is 0. The number of benzene rings is 1. The van der Waals surface area contributed by atoms with Gasteiger partial charge in [-0.3, -0.25) is 4.79 Å². The molecule has 1 aliphatic rings. The van der Waals surface area contributed by atoms with Gasteiger partial charge in [0.1, 0.15) is 0 Å². The Morgan fingerprint density at radius 1 is 1.27 bits per heavy atom. The Hall–Kier alpha value is -1.55. The number of hydrogen-bond acceptors (Lipinski definition) is 1. The van der Waals surface area contributed by atoms with Crippen LogP contribution in [0.4, 0.5) is 0 Å². The zero-order chi connectivity index (χ0) is 10.7. The SMILES string of the molecule is CC1(C#Cc2ccccc2)CCCC1=O. The van der Waals surface area contributed by atoms with Crippen LogP contribution >= 0.6 is 0 Å². The van der Waals surface area contributed by atoms with Gasteiger partial charge in [-0.05, 0) is 31.9 Å². The number of hydrogen-bond donors (Lipinski definition) is 0. The van der Waals surface area contributed by atoms with Crippen LogP contribution in [0.1, 0.15) is 31.7 Å². The van der Waals surface area contributed by atoms with Crippen molar-refractivity contribution in [3.63, 3.8) is 0 Å². The topological polar surface area (TPSA) is 17.1 Å². The maximum Gasteiger partial charge on any atom is 0.150 e. The minimum absolute atomic E-state index is 0.297. The maximum atomic E-state index is 11.6. The molecule has 0 aromatic heterocycles. The smallest absolute Gasteiger partial charge is 0.150 e. The first-order valence-electron chi connectivity index (χ1n) is 5.32. The van der Waals surface area contributed by atoms with Gasteiger partial charge in [-0.2, -0.15) is 0 Å². The molecule has 1 aliphatic carbocycles. The van der Waals surface area contributed by atoms with E-state index in [1.807, 2.05) is 37.3 Å². The lowest BCUT2D eigenvalue weighted by atomic mass is 9.88. The molecule has 0 aliphatic heterocycles. The van der Waals surface area contributed by atoms with Crippen LogP contribution in [0.15, 0.2) is 30.3 Å². The van der Waals surface area contributed by atoms with Gasteiger partial charge < -0.3 is 0 Å². The van der Waals surface area contributed by atoms with Crippen molar-refractivity contribution >= 4 is 5.78 Å². The predicted molar refractivity (Wildman–Crippen MR) is 60.3 cm³/mol. The molecule has 1 saturated carbocycles. The van der Waals surface area contributed by atoms with Gasteiger partial charge >= 0.3 is 0 Å². The second-order valence-corrected chi connectivity index (χ2v) is 4.22. The molecule has 0 heterocycles. The van der Waals surface area contributed by atoms with Gasteiger partial charge in [0.2, 0.25) is 0 Å². The third-order valence-electron chi connectivity index (χ3n) is 2.95. The monoisotopic (exact) mass is 198 g/mol. The largest absolute Gasteiger partial charge is 0.298 e. The zero-order valence-corrected chi connectivity index (χ0v) is 8.92. The number of Topliss-reactive ketones (excluding diaryl/α,β-unsaturated/α-hetero) is 1. The molecular weight excluding hydrogens is 184 g/mol. The van der Waals surface area contributed by atoms with Crippen molar-refractivity contribution in [3.05, 3.63) is 35.9 Å². The third kappa shape index (κ3) is 2.10. The number of carbonyl (C=O) groups is 1. The van der Waals surface area contributed by atoms with Crippen LogP contribution < -0.4 is 0 Å². The van der Waals surface area contributed by atoms with Crippen LogP contribution in [0, 0.1) is 17.3 Å². The molecule has 2 rings (SSSR count). The highest BCUT2D eigenvalue weighted by Crippen LogP contribution is 2.33. The Kier molecular flexibility index (Phi) is 2.60. The molecule has 1 heteroatoms. The van der Waals surface area contributed by atoms with Gasteiger partial charge in [-0.15, -0.1) is 0 Å². The molecule has 1 nitrogen and oxygen atoms in total. The van der Waals surface area contributed by atoms with E-state index in [1.54, 1.807) is 0 Å². The van der Waals surface area contributed by atoms with Crippen molar-refractivity contribution in [2.24, 2.45) is 5.41 Å². The molecule has 0 bridgehead atoms. The van der Waals surface area contributed by atoms with Crippen molar-refractivity contribution in [1.82, 2.24) is 0 Å². The zero-order valence-electron chi connectivity index (χ0n) is 8.92. The van der Waals surface area contributed by atoms with Gasteiger partial charge in [-0.25, -0.2) is 0 Å². The highest BCUT2D eigenvalue weighted by molar-refractivity contribution is 5.89. The molecule has 15 heavy (non-hydrogen) atoms. The van der Waals surface area contributed by atoms with E-state index in [0.29, 0.717) is 12.2 Å². The summed E-state index contributed by atoms with van der Waals surface area (Å²) in [5, 5.41) is 0. The molecule has 0 amide bonds. The van der Waals surface area contributed by atoms with Gasteiger partial charge in [0.25, 0.3) is 0 Å². The summed E-state index contributed by atoms with van der Waals surface area (Å²) in [6.07, 6.45) is 2.59. The fourth-order valence-corrected chi connectivity index (χ4v) is 1.88. The molecule has 1 aromatic rings. The van der Waals surface area contributed by atoms with E-state index >= 15 is 0 Å². The van der Waals surface area contributed by atoms with E-state index < -0.39 is 5.41 Å². The summed E-state index contributed by atoms with van der Waals surface area (Å²) in [6.45, 7) is 1.96. The molecule has 1 atom stereocenters. The average Bonchev–Trinajstić information content (AvgIpc) is 2.59. The van der Waals surface area contributed by atoms with Crippen LogP contribution in [-0.2, 0) is 4.79 Å². The minimum atomic E-state index is -0.393. The molecule has 1 unspecified atom stereocenters. The lowest BCUT2D eigenvalue weighted by Gasteiger charge is -2.12. The van der Waals surface area contributed by atoms with Crippen LogP contribution in [0.25, 0.3) is 0 Å². The van der Waals surface area contributed by atoms with Crippen LogP contribution in [0.3, 0.4) is 0 Å². The van der Waals surface area contributed by atoms with Crippen molar-refractivity contribution in [3.8, 4) is 11.8 Å². The Morgan fingerprint density at radius 2 is 2.00 bits per heavy atom. The number of rotatable bonds is 0. The van der Waals surface area contributed by atoms with E-state index in [1.165, 1.54) is 0 Å². The van der Waals surface area contributed by atoms with Gasteiger partial charge in [-0.1, -0.05) is 30.0 Å². The first-order valence-corrected chi connectivity index (χ1v) is 5.32. The normalized spacial score (nSPS) is 24.7. The van der Waals surface area contributed by atoms with Crippen LogP contribution in [0.5, 0.6) is 0 Å². The highest BCUT2D eigenvalue weighted by atomic mass is 16.1. The van der Waals surface area contributed by atoms with Crippen LogP contribution in [-0.4, -0.2) is 5.78 Å². The summed E-state index contributed by atoms with van der Waals surface area (Å²) < 4.78 is 0. The lowest BCUT2D eigenvalue weighted by Crippen LogP contribution is -2.18. The fourth-order valence-electron chi connectivity index (χ4n) is 1.88. The van der Waals surface area contributed by atoms with Crippen molar-refractivity contribution < 1.29 is 4.79 Å². The molecule has 1 fully saturated rings. The Balaban J connectivity index is 2.22. The predicted octanol–water partition coefficient (Wildman–Crippen LogP) is 2.80. The summed E-state index contributed by atoms with van der Waals surface area (Å²) in [5.41, 5.74) is 0.592. The van der Waals surface area contributed by atoms with Gasteiger partial charge in [0.15, 0.2) is 5.78 Å². The highest BCUT2D eigenvalue weighted by Gasteiger charge is 2.35. The van der Waals surface area contributed by atoms with E-state index in [4.69, 9.17) is 0 Å². The second kappa shape index (κ2) is 3.90. The Morgan fingerprint density at radius 3 is 2.60 bits per heavy atom. The third-order valence-corrected chi connectivity index (χ3v) is 2.95. The Bertz CT molecular complexity index is 422. The first kappa shape index (κ1) is 9.98. The Labute approximate surface area is 90.5 Å². The molecule has 0 radical (unpaired) electrons. The van der Waals surface area contributed by atoms with Crippen molar-refractivity contribution in [2.45, 2.75) is 26.2 Å². The summed E-state index contributed by atoms with van der Waals surface area (Å²) in [6, 6.07) is 9.82. The molecule has 0 spiro atoms. The van der Waals surface area contributed by atoms with Crippen LogP contribution in [0.2, 0.25) is 0 Å². The summed E-state index contributed by atoms with van der Waals surface area (Å²) in [7, 11) is 0. The fraction of sp³-hybridized carbons (Fsp3) is 0.357. The molecule has 1 aromatic carbocycles. The van der Waals surface area contributed by atoms with Gasteiger partial charge in [0, 0.05) is 12.0 Å². The van der Waals surface area contributed by atoms with Gasteiger partial charge in [0.05, 0.1) is 5.41 Å². The maximum absolute atomic E-state index is 11.6. The lowest BCUT2D eigenvalue weighted by molar-refractivity contribution is -0.122. The van der Waals surface area contributed by atoms with E-state index in [9.17, 15) is 4.79 Å². The molecular formula is C14H14O. The minimum Gasteiger partial charge on any atom is -0.298 e. The number of carbonyl (C=O) groups excluding carboxylic acids is 1. The van der Waals surface area contributed by atoms with Crippen molar-refractivity contribution in [2.75, 3.05) is 0 Å². The number of ketones is 1. The van der Waals surface area contributed by atoms with E-state index in [-0.39, 0.29) is 0 Å². The summed E-state index contributed by atoms with van der Waals surface area (Å²) in [5.74, 6) is 6.51. The first-order chi connectivity index (χ1) is 7.21. The standard InChI is InChI=1S/C14H14O/c1-14(10-5-8-13(14)15)11-9-12-6-3-2-4-7-12/h2-4,6-7H,5,8,10H2,1H3. The molecule has 76 valence electrons. The summed E-state index contributed by atoms with van der Waals surface area (Å²) in [4.78, 5) is 11.6. The second-order valence-electron chi connectivity index (χ2n) is 4.22. The average molecular weight is 198 g/mol. The van der Waals surface area contributed by atoms with Crippen molar-refractivity contribution in [1.29, 1.82) is 0 Å². The molecule has 0 N–H and O–H groups in total. The quantitative estimate of drug-likeness (QED) is 0.586. The van der Waals surface area contributed by atoms with E-state index in [0.717, 1.165) is 18.4 Å². The molecule has 0 saturated heterocycles.